The van der Waals surface area contributed by atoms with Crippen LogP contribution in [0.5, 0.6) is 0 Å². The van der Waals surface area contributed by atoms with Crippen LogP contribution < -0.4 is 10.2 Å². The molecule has 1 aliphatic rings. The molecule has 1 aliphatic heterocycles. The molecule has 1 aromatic carbocycles. The number of hydrogen-bond acceptors (Lipinski definition) is 6. The van der Waals surface area contributed by atoms with Gasteiger partial charge in [0, 0.05) is 50.9 Å². The fourth-order valence-electron chi connectivity index (χ4n) is 3.71. The van der Waals surface area contributed by atoms with Crippen molar-refractivity contribution < 1.29 is 13.2 Å². The summed E-state index contributed by atoms with van der Waals surface area (Å²) in [4.78, 5) is 21.7. The van der Waals surface area contributed by atoms with Crippen LogP contribution in [0.2, 0.25) is 0 Å². The number of nitrogens with zero attached hydrogens (tertiary/aromatic N) is 4. The second-order valence-corrected chi connectivity index (χ2v) is 9.48. The van der Waals surface area contributed by atoms with Gasteiger partial charge >= 0.3 is 0 Å². The maximum Gasteiger partial charge on any atom is 0.272 e. The molecule has 1 fully saturated rings. The highest BCUT2D eigenvalue weighted by atomic mass is 32.2. The highest BCUT2D eigenvalue weighted by molar-refractivity contribution is 7.90. The minimum absolute atomic E-state index is 0.105. The first-order chi connectivity index (χ1) is 14.3. The number of para-hydroxylation sites is 1. The van der Waals surface area contributed by atoms with E-state index < -0.39 is 15.7 Å². The molecule has 158 valence electrons. The van der Waals surface area contributed by atoms with Gasteiger partial charge < -0.3 is 15.1 Å². The average Bonchev–Trinajstić information content (AvgIpc) is 3.13. The van der Waals surface area contributed by atoms with E-state index in [9.17, 15) is 13.2 Å². The Morgan fingerprint density at radius 1 is 1.07 bits per heavy atom. The average molecular weight is 428 g/mol. The molecule has 3 heterocycles. The van der Waals surface area contributed by atoms with Crippen molar-refractivity contribution >= 4 is 26.9 Å². The molecule has 0 atom stereocenters. The number of carbonyl (C=O) groups is 1. The van der Waals surface area contributed by atoms with Gasteiger partial charge in [-0.2, -0.15) is 0 Å². The number of benzene rings is 1. The first-order valence-electron chi connectivity index (χ1n) is 9.81. The fraction of sp³-hybridized carbons (Fsp3) is 0.333. The number of likely N-dealkylation sites (N-methyl/N-ethyl adjacent to an activating group) is 1. The predicted octanol–water partition coefficient (Wildman–Crippen LogP) is 1.42. The van der Waals surface area contributed by atoms with Gasteiger partial charge in [-0.1, -0.05) is 24.3 Å². The number of hydrogen-bond donors (Lipinski definition) is 1. The van der Waals surface area contributed by atoms with Crippen LogP contribution in [0.3, 0.4) is 0 Å². The summed E-state index contributed by atoms with van der Waals surface area (Å²) in [5.41, 5.74) is 2.69. The van der Waals surface area contributed by atoms with Crippen LogP contribution in [0.4, 0.5) is 5.69 Å². The molecule has 1 N–H and O–H groups in total. The van der Waals surface area contributed by atoms with Gasteiger partial charge in [-0.25, -0.2) is 13.4 Å². The van der Waals surface area contributed by atoms with Gasteiger partial charge in [0.1, 0.15) is 0 Å². The van der Waals surface area contributed by atoms with Crippen LogP contribution in [-0.2, 0) is 16.4 Å². The van der Waals surface area contributed by atoms with Gasteiger partial charge in [-0.05, 0) is 30.8 Å². The van der Waals surface area contributed by atoms with Crippen molar-refractivity contribution in [1.82, 2.24) is 19.6 Å². The largest absolute Gasteiger partial charge is 0.369 e. The third-order valence-electron chi connectivity index (χ3n) is 5.34. The van der Waals surface area contributed by atoms with Crippen molar-refractivity contribution in [3.05, 3.63) is 59.9 Å². The second kappa shape index (κ2) is 8.08. The van der Waals surface area contributed by atoms with E-state index in [4.69, 9.17) is 0 Å². The number of fused-ring (bicyclic) bond motifs is 1. The first kappa shape index (κ1) is 20.4. The van der Waals surface area contributed by atoms with E-state index in [1.165, 1.54) is 4.40 Å². The Kier molecular flexibility index (Phi) is 5.48. The molecule has 9 heteroatoms. The van der Waals surface area contributed by atoms with E-state index in [1.807, 2.05) is 18.2 Å². The molecule has 4 rings (SSSR count). The van der Waals surface area contributed by atoms with Crippen molar-refractivity contribution in [2.75, 3.05) is 44.4 Å². The van der Waals surface area contributed by atoms with Gasteiger partial charge in [-0.15, -0.1) is 0 Å². The zero-order chi connectivity index (χ0) is 21.3. The van der Waals surface area contributed by atoms with E-state index in [1.54, 1.807) is 24.4 Å². The molecule has 0 aliphatic carbocycles. The van der Waals surface area contributed by atoms with Crippen LogP contribution in [-0.4, -0.2) is 68.1 Å². The van der Waals surface area contributed by atoms with E-state index in [0.29, 0.717) is 12.1 Å². The number of imidazole rings is 1. The molecule has 0 spiro atoms. The SMILES string of the molecule is CN1CCN(c2ccccc2CNC(=O)c2nc(S(C)(=O)=O)n3ccccc23)CC1. The normalized spacial score (nSPS) is 15.5. The number of rotatable bonds is 5. The summed E-state index contributed by atoms with van der Waals surface area (Å²) >= 11 is 0. The first-order valence-corrected chi connectivity index (χ1v) is 11.7. The minimum Gasteiger partial charge on any atom is -0.369 e. The van der Waals surface area contributed by atoms with Gasteiger partial charge in [0.15, 0.2) is 5.69 Å². The molecular weight excluding hydrogens is 402 g/mol. The molecule has 0 radical (unpaired) electrons. The zero-order valence-electron chi connectivity index (χ0n) is 17.1. The van der Waals surface area contributed by atoms with Crippen LogP contribution in [0.25, 0.3) is 5.52 Å². The predicted molar refractivity (Wildman–Crippen MR) is 116 cm³/mol. The van der Waals surface area contributed by atoms with Gasteiger partial charge in [0.05, 0.1) is 5.52 Å². The maximum absolute atomic E-state index is 12.9. The molecule has 0 saturated carbocycles. The fourth-order valence-corrected chi connectivity index (χ4v) is 4.49. The Labute approximate surface area is 176 Å². The lowest BCUT2D eigenvalue weighted by atomic mass is 10.1. The van der Waals surface area contributed by atoms with Crippen LogP contribution in [0.1, 0.15) is 16.1 Å². The monoisotopic (exact) mass is 427 g/mol. The van der Waals surface area contributed by atoms with Crippen LogP contribution in [0.15, 0.2) is 53.8 Å². The molecule has 1 saturated heterocycles. The number of sulfone groups is 1. The standard InChI is InChI=1S/C21H25N5O3S/c1-24-11-13-25(14-12-24)17-8-4-3-7-16(17)15-22-20(27)19-18-9-5-6-10-26(18)21(23-19)30(2,28)29/h3-10H,11-15H2,1-2H3,(H,22,27). The van der Waals surface area contributed by atoms with Crippen molar-refractivity contribution in [2.45, 2.75) is 11.7 Å². The summed E-state index contributed by atoms with van der Waals surface area (Å²) in [6.45, 7) is 4.20. The lowest BCUT2D eigenvalue weighted by molar-refractivity contribution is 0.0948. The lowest BCUT2D eigenvalue weighted by Crippen LogP contribution is -2.45. The van der Waals surface area contributed by atoms with Crippen LogP contribution in [0, 0.1) is 0 Å². The quantitative estimate of drug-likeness (QED) is 0.663. The molecule has 3 aromatic rings. The number of anilines is 1. The van der Waals surface area contributed by atoms with E-state index in [0.717, 1.165) is 43.7 Å². The van der Waals surface area contributed by atoms with Crippen molar-refractivity contribution in [3.63, 3.8) is 0 Å². The number of nitrogens with one attached hydrogen (secondary N) is 1. The number of amides is 1. The molecule has 2 aromatic heterocycles. The van der Waals surface area contributed by atoms with Crippen molar-refractivity contribution in [1.29, 1.82) is 0 Å². The number of aromatic nitrogens is 2. The molecule has 0 bridgehead atoms. The molecule has 30 heavy (non-hydrogen) atoms. The summed E-state index contributed by atoms with van der Waals surface area (Å²) in [6.07, 6.45) is 2.68. The second-order valence-electron chi connectivity index (χ2n) is 7.57. The van der Waals surface area contributed by atoms with E-state index >= 15 is 0 Å². The summed E-state index contributed by atoms with van der Waals surface area (Å²) < 4.78 is 25.6. The summed E-state index contributed by atoms with van der Waals surface area (Å²) in [5, 5.41) is 2.78. The third-order valence-corrected chi connectivity index (χ3v) is 6.29. The molecule has 0 unspecified atom stereocenters. The number of pyridine rings is 1. The summed E-state index contributed by atoms with van der Waals surface area (Å²) in [5.74, 6) is -0.401. The number of carbonyl (C=O) groups excluding carboxylic acids is 1. The molecular formula is C21H25N5O3S. The highest BCUT2D eigenvalue weighted by Gasteiger charge is 2.23. The molecule has 1 amide bonds. The van der Waals surface area contributed by atoms with E-state index in [-0.39, 0.29) is 10.9 Å². The zero-order valence-corrected chi connectivity index (χ0v) is 17.9. The van der Waals surface area contributed by atoms with Crippen molar-refractivity contribution in [2.24, 2.45) is 0 Å². The maximum atomic E-state index is 12.9. The van der Waals surface area contributed by atoms with Crippen molar-refractivity contribution in [3.8, 4) is 0 Å². The Bertz CT molecular complexity index is 1180. The smallest absolute Gasteiger partial charge is 0.272 e. The Balaban J connectivity index is 1.57. The van der Waals surface area contributed by atoms with Gasteiger partial charge in [0.25, 0.3) is 5.91 Å². The third kappa shape index (κ3) is 4.03. The minimum atomic E-state index is -3.57. The summed E-state index contributed by atoms with van der Waals surface area (Å²) in [7, 11) is -1.46. The van der Waals surface area contributed by atoms with Gasteiger partial charge in [-0.3, -0.25) is 9.20 Å². The Morgan fingerprint density at radius 2 is 1.77 bits per heavy atom. The van der Waals surface area contributed by atoms with Gasteiger partial charge in [0.2, 0.25) is 15.0 Å². The topological polar surface area (TPSA) is 87.0 Å². The lowest BCUT2D eigenvalue weighted by Gasteiger charge is -2.35. The Morgan fingerprint density at radius 3 is 2.50 bits per heavy atom. The molecule has 8 nitrogen and oxygen atoms in total. The highest BCUT2D eigenvalue weighted by Crippen LogP contribution is 2.22. The summed E-state index contributed by atoms with van der Waals surface area (Å²) in [6, 6.07) is 13.2. The Hall–Kier alpha value is -2.91. The van der Waals surface area contributed by atoms with Crippen LogP contribution >= 0.6 is 0 Å². The number of piperazine rings is 1. The van der Waals surface area contributed by atoms with E-state index in [2.05, 4.69) is 33.2 Å².